The van der Waals surface area contributed by atoms with E-state index in [9.17, 15) is 13.2 Å². The Morgan fingerprint density at radius 3 is 2.38 bits per heavy atom. The molecule has 0 N–H and O–H groups in total. The largest absolute Gasteiger partial charge is 0.434 e. The van der Waals surface area contributed by atoms with Crippen LogP contribution in [0.3, 0.4) is 0 Å². The van der Waals surface area contributed by atoms with Crippen molar-refractivity contribution in [2.45, 2.75) is 11.1 Å². The maximum atomic E-state index is 12.3. The number of hydrogen-bond acceptors (Lipinski definition) is 3. The maximum absolute atomic E-state index is 12.3. The molecule has 0 fully saturated rings. The number of rotatable bonds is 1. The highest BCUT2D eigenvalue weighted by atomic mass is 35.5. The smallest absolute Gasteiger partial charge is 0.231 e. The van der Waals surface area contributed by atoms with Gasteiger partial charge in [0.25, 0.3) is 0 Å². The Bertz CT molecular complexity index is 315. The fourth-order valence-electron chi connectivity index (χ4n) is 0.735. The summed E-state index contributed by atoms with van der Waals surface area (Å²) in [7, 11) is 0. The van der Waals surface area contributed by atoms with E-state index in [0.717, 1.165) is 18.1 Å². The third kappa shape index (κ3) is 2.25. The third-order valence-corrected chi connectivity index (χ3v) is 2.43. The van der Waals surface area contributed by atoms with Crippen LogP contribution in [0.2, 0.25) is 5.15 Å². The Labute approximate surface area is 81.5 Å². The van der Waals surface area contributed by atoms with Gasteiger partial charge >= 0.3 is 6.18 Å². The van der Waals surface area contributed by atoms with E-state index in [4.69, 9.17) is 11.6 Å². The van der Waals surface area contributed by atoms with Crippen LogP contribution in [0.25, 0.3) is 0 Å². The second-order valence-corrected chi connectivity index (χ2v) is 3.22. The molecule has 1 rings (SSSR count). The molecule has 0 bridgehead atoms. The first-order valence-corrected chi connectivity index (χ1v) is 4.68. The minimum absolute atomic E-state index is 0.142. The number of alkyl halides is 3. The fraction of sp³-hybridized carbons (Fsp3) is 0.333. The zero-order valence-corrected chi connectivity index (χ0v) is 7.96. The van der Waals surface area contributed by atoms with Crippen molar-refractivity contribution in [2.24, 2.45) is 0 Å². The van der Waals surface area contributed by atoms with Gasteiger partial charge in [0, 0.05) is 0 Å². The topological polar surface area (TPSA) is 25.8 Å². The molecule has 0 atom stereocenters. The summed E-state index contributed by atoms with van der Waals surface area (Å²) < 4.78 is 36.8. The summed E-state index contributed by atoms with van der Waals surface area (Å²) in [6, 6.07) is 0. The molecule has 1 aromatic rings. The van der Waals surface area contributed by atoms with Gasteiger partial charge in [0.1, 0.15) is 11.5 Å². The van der Waals surface area contributed by atoms with Crippen LogP contribution in [0.5, 0.6) is 0 Å². The standard InChI is InChI=1S/C6H4ClF3N2S/c1-13-3-4(6(8,9)10)11-2-12-5(3)7/h2H,1H3. The molecule has 2 nitrogen and oxygen atoms in total. The normalized spacial score (nSPS) is 11.8. The molecule has 1 aromatic heterocycles. The van der Waals surface area contributed by atoms with Gasteiger partial charge in [-0.2, -0.15) is 13.2 Å². The summed E-state index contributed by atoms with van der Waals surface area (Å²) in [4.78, 5) is 6.46. The first-order valence-electron chi connectivity index (χ1n) is 3.08. The molecule has 0 unspecified atom stereocenters. The van der Waals surface area contributed by atoms with Gasteiger partial charge in [-0.1, -0.05) is 11.6 Å². The van der Waals surface area contributed by atoms with Gasteiger partial charge in [0.2, 0.25) is 0 Å². The van der Waals surface area contributed by atoms with Gasteiger partial charge in [0.15, 0.2) is 5.69 Å². The first-order chi connectivity index (χ1) is 5.96. The van der Waals surface area contributed by atoms with Crippen LogP contribution in [0.4, 0.5) is 13.2 Å². The van der Waals surface area contributed by atoms with E-state index in [1.54, 1.807) is 0 Å². The number of halogens is 4. The van der Waals surface area contributed by atoms with Crippen LogP contribution in [-0.4, -0.2) is 16.2 Å². The van der Waals surface area contributed by atoms with Crippen molar-refractivity contribution in [1.82, 2.24) is 9.97 Å². The van der Waals surface area contributed by atoms with E-state index >= 15 is 0 Å². The molecule has 72 valence electrons. The third-order valence-electron chi connectivity index (χ3n) is 1.23. The van der Waals surface area contributed by atoms with Gasteiger partial charge < -0.3 is 0 Å². The van der Waals surface area contributed by atoms with E-state index in [1.807, 2.05) is 0 Å². The lowest BCUT2D eigenvalue weighted by atomic mass is 10.4. The molecule has 1 heterocycles. The Balaban J connectivity index is 3.29. The lowest BCUT2D eigenvalue weighted by Gasteiger charge is -2.09. The molecular weight excluding hydrogens is 225 g/mol. The summed E-state index contributed by atoms with van der Waals surface area (Å²) in [5, 5.41) is -0.171. The molecule has 0 amide bonds. The number of nitrogens with zero attached hydrogens (tertiary/aromatic N) is 2. The molecule has 13 heavy (non-hydrogen) atoms. The minimum Gasteiger partial charge on any atom is -0.231 e. The average molecular weight is 229 g/mol. The summed E-state index contributed by atoms with van der Waals surface area (Å²) in [6.45, 7) is 0. The zero-order valence-electron chi connectivity index (χ0n) is 6.39. The second kappa shape index (κ2) is 3.71. The Hall–Kier alpha value is -0.490. The van der Waals surface area contributed by atoms with E-state index in [-0.39, 0.29) is 10.0 Å². The minimum atomic E-state index is -4.48. The molecule has 0 aliphatic rings. The highest BCUT2D eigenvalue weighted by molar-refractivity contribution is 7.98. The highest BCUT2D eigenvalue weighted by Gasteiger charge is 2.36. The van der Waals surface area contributed by atoms with Gasteiger partial charge in [-0.3, -0.25) is 0 Å². The summed E-state index contributed by atoms with van der Waals surface area (Å²) in [5.74, 6) is 0. The van der Waals surface area contributed by atoms with Crippen LogP contribution in [0, 0.1) is 0 Å². The van der Waals surface area contributed by atoms with Crippen LogP contribution in [0.15, 0.2) is 11.2 Å². The van der Waals surface area contributed by atoms with Crippen molar-refractivity contribution in [3.05, 3.63) is 17.2 Å². The molecule has 0 spiro atoms. The van der Waals surface area contributed by atoms with E-state index < -0.39 is 11.9 Å². The zero-order chi connectivity index (χ0) is 10.1. The van der Waals surface area contributed by atoms with Crippen LogP contribution in [-0.2, 0) is 6.18 Å². The summed E-state index contributed by atoms with van der Waals surface area (Å²) >= 11 is 6.34. The Morgan fingerprint density at radius 2 is 2.00 bits per heavy atom. The number of thioether (sulfide) groups is 1. The van der Waals surface area contributed by atoms with Gasteiger partial charge in [0.05, 0.1) is 4.90 Å². The predicted molar refractivity (Wildman–Crippen MR) is 43.8 cm³/mol. The summed E-state index contributed by atoms with van der Waals surface area (Å²) in [6.07, 6.45) is -2.20. The number of aromatic nitrogens is 2. The second-order valence-electron chi connectivity index (χ2n) is 2.04. The average Bonchev–Trinajstić information content (AvgIpc) is 2.02. The van der Waals surface area contributed by atoms with Gasteiger partial charge in [-0.05, 0) is 6.26 Å². The molecule has 7 heteroatoms. The van der Waals surface area contributed by atoms with Crippen LogP contribution >= 0.6 is 23.4 Å². The van der Waals surface area contributed by atoms with Crippen molar-refractivity contribution in [1.29, 1.82) is 0 Å². The molecule has 0 aliphatic heterocycles. The quantitative estimate of drug-likeness (QED) is 0.546. The van der Waals surface area contributed by atoms with E-state index in [1.165, 1.54) is 6.26 Å². The van der Waals surface area contributed by atoms with Crippen molar-refractivity contribution in [3.8, 4) is 0 Å². The van der Waals surface area contributed by atoms with Crippen LogP contribution < -0.4 is 0 Å². The molecule has 0 saturated carbocycles. The predicted octanol–water partition coefficient (Wildman–Crippen LogP) is 2.87. The van der Waals surface area contributed by atoms with E-state index in [2.05, 4.69) is 9.97 Å². The van der Waals surface area contributed by atoms with Crippen molar-refractivity contribution in [3.63, 3.8) is 0 Å². The lowest BCUT2D eigenvalue weighted by molar-refractivity contribution is -0.143. The summed E-state index contributed by atoms with van der Waals surface area (Å²) in [5.41, 5.74) is -0.986. The lowest BCUT2D eigenvalue weighted by Crippen LogP contribution is -2.10. The molecule has 0 radical (unpaired) electrons. The molecule has 0 aliphatic carbocycles. The molecule has 0 aromatic carbocycles. The van der Waals surface area contributed by atoms with Crippen molar-refractivity contribution in [2.75, 3.05) is 6.26 Å². The van der Waals surface area contributed by atoms with Gasteiger partial charge in [-0.25, -0.2) is 9.97 Å². The molecular formula is C6H4ClF3N2S. The Kier molecular flexibility index (Phi) is 3.02. The Morgan fingerprint density at radius 1 is 1.38 bits per heavy atom. The SMILES string of the molecule is CSc1c(Cl)ncnc1C(F)(F)F. The first kappa shape index (κ1) is 10.6. The highest BCUT2D eigenvalue weighted by Crippen LogP contribution is 2.36. The van der Waals surface area contributed by atoms with Crippen molar-refractivity contribution < 1.29 is 13.2 Å². The van der Waals surface area contributed by atoms with Crippen molar-refractivity contribution >= 4 is 23.4 Å². The fourth-order valence-corrected chi connectivity index (χ4v) is 1.68. The molecule has 0 saturated heterocycles. The van der Waals surface area contributed by atoms with Crippen LogP contribution in [0.1, 0.15) is 5.69 Å². The van der Waals surface area contributed by atoms with E-state index in [0.29, 0.717) is 0 Å². The maximum Gasteiger partial charge on any atom is 0.434 e. The van der Waals surface area contributed by atoms with Gasteiger partial charge in [-0.15, -0.1) is 11.8 Å². The number of hydrogen-bond donors (Lipinski definition) is 0. The monoisotopic (exact) mass is 228 g/mol.